The number of hydrogen-bond acceptors (Lipinski definition) is 5. The van der Waals surface area contributed by atoms with Crippen molar-refractivity contribution in [1.82, 2.24) is 14.5 Å². The van der Waals surface area contributed by atoms with Crippen LogP contribution in [0, 0.1) is 0 Å². The predicted molar refractivity (Wildman–Crippen MR) is 115 cm³/mol. The number of amides is 1. The summed E-state index contributed by atoms with van der Waals surface area (Å²) in [6, 6.07) is 13.1. The van der Waals surface area contributed by atoms with E-state index < -0.39 is 0 Å². The fraction of sp³-hybridized carbons (Fsp3) is 0. The number of benzene rings is 1. The highest BCUT2D eigenvalue weighted by molar-refractivity contribution is 7.14. The molecule has 0 aliphatic rings. The van der Waals surface area contributed by atoms with Gasteiger partial charge in [0.1, 0.15) is 5.69 Å². The first kappa shape index (κ1) is 19.3. The van der Waals surface area contributed by atoms with Crippen LogP contribution in [-0.2, 0) is 0 Å². The number of nitrogens with zero attached hydrogens (tertiary/aromatic N) is 3. The van der Waals surface area contributed by atoms with Gasteiger partial charge in [-0.3, -0.25) is 24.5 Å². The predicted octanol–water partition coefficient (Wildman–Crippen LogP) is 4.92. The maximum Gasteiger partial charge on any atom is 0.258 e. The average Bonchev–Trinajstić information content (AvgIpc) is 3.18. The van der Waals surface area contributed by atoms with Gasteiger partial charge in [-0.15, -0.1) is 11.3 Å². The number of pyridine rings is 2. The second kappa shape index (κ2) is 8.16. The minimum atomic E-state index is -0.377. The van der Waals surface area contributed by atoms with Gasteiger partial charge in [0.2, 0.25) is 0 Å². The zero-order valence-corrected chi connectivity index (χ0v) is 17.0. The van der Waals surface area contributed by atoms with E-state index in [1.54, 1.807) is 41.8 Å². The summed E-state index contributed by atoms with van der Waals surface area (Å²) in [4.78, 5) is 33.4. The van der Waals surface area contributed by atoms with Crippen molar-refractivity contribution < 1.29 is 4.79 Å². The zero-order chi connectivity index (χ0) is 20.4. The highest BCUT2D eigenvalue weighted by Gasteiger charge is 2.12. The first-order valence-corrected chi connectivity index (χ1v) is 10.0. The molecule has 4 aromatic rings. The van der Waals surface area contributed by atoms with Crippen LogP contribution >= 0.6 is 34.5 Å². The highest BCUT2D eigenvalue weighted by Crippen LogP contribution is 2.24. The van der Waals surface area contributed by atoms with Crippen molar-refractivity contribution in [2.24, 2.45) is 0 Å². The summed E-state index contributed by atoms with van der Waals surface area (Å²) in [5, 5.41) is 6.06. The molecule has 0 radical (unpaired) electrons. The molecule has 0 fully saturated rings. The van der Waals surface area contributed by atoms with Crippen LogP contribution in [-0.4, -0.2) is 20.4 Å². The van der Waals surface area contributed by atoms with Crippen LogP contribution < -0.4 is 10.9 Å². The van der Waals surface area contributed by atoms with E-state index >= 15 is 0 Å². The fourth-order valence-corrected chi connectivity index (χ4v) is 3.51. The topological polar surface area (TPSA) is 76.9 Å². The lowest BCUT2D eigenvalue weighted by Gasteiger charge is -2.08. The molecule has 6 nitrogen and oxygen atoms in total. The average molecular weight is 443 g/mol. The molecule has 0 bridgehead atoms. The van der Waals surface area contributed by atoms with E-state index in [1.807, 2.05) is 0 Å². The molecule has 4 rings (SSSR count). The molecule has 0 saturated carbocycles. The third-order valence-corrected chi connectivity index (χ3v) is 5.23. The quantitative estimate of drug-likeness (QED) is 0.486. The zero-order valence-electron chi connectivity index (χ0n) is 14.7. The Kier molecular flexibility index (Phi) is 5.44. The van der Waals surface area contributed by atoms with Gasteiger partial charge in [-0.1, -0.05) is 23.2 Å². The normalized spacial score (nSPS) is 10.7. The van der Waals surface area contributed by atoms with Crippen LogP contribution in [0.1, 0.15) is 10.4 Å². The van der Waals surface area contributed by atoms with Crippen LogP contribution in [0.4, 0.5) is 5.13 Å². The molecule has 3 heterocycles. The number of hydrogen-bond donors (Lipinski definition) is 1. The Labute approximate surface area is 179 Å². The van der Waals surface area contributed by atoms with Crippen molar-refractivity contribution in [2.45, 2.75) is 0 Å². The van der Waals surface area contributed by atoms with Crippen molar-refractivity contribution in [3.63, 3.8) is 0 Å². The molecule has 0 aliphatic carbocycles. The van der Waals surface area contributed by atoms with E-state index in [-0.39, 0.29) is 11.5 Å². The molecule has 0 aliphatic heterocycles. The number of rotatable bonds is 4. The van der Waals surface area contributed by atoms with E-state index in [0.29, 0.717) is 37.8 Å². The van der Waals surface area contributed by atoms with Gasteiger partial charge in [-0.05, 0) is 42.5 Å². The number of nitrogens with one attached hydrogen (secondary N) is 1. The highest BCUT2D eigenvalue weighted by atomic mass is 35.5. The van der Waals surface area contributed by atoms with Crippen molar-refractivity contribution in [1.29, 1.82) is 0 Å². The Morgan fingerprint density at radius 2 is 1.72 bits per heavy atom. The summed E-state index contributed by atoms with van der Waals surface area (Å²) in [7, 11) is 0. The molecular formula is C20H12Cl2N4O2S. The monoisotopic (exact) mass is 442 g/mol. The number of carbonyl (C=O) groups excluding carboxylic acids is 1. The lowest BCUT2D eigenvalue weighted by molar-refractivity contribution is 0.102. The largest absolute Gasteiger partial charge is 0.298 e. The number of carbonyl (C=O) groups is 1. The molecule has 1 aromatic carbocycles. The molecule has 0 spiro atoms. The summed E-state index contributed by atoms with van der Waals surface area (Å²) in [6.45, 7) is 0. The number of thiazole rings is 1. The second-order valence-corrected chi connectivity index (χ2v) is 7.69. The second-order valence-electron chi connectivity index (χ2n) is 5.96. The van der Waals surface area contributed by atoms with Gasteiger partial charge >= 0.3 is 0 Å². The van der Waals surface area contributed by atoms with E-state index in [0.717, 1.165) is 0 Å². The Morgan fingerprint density at radius 3 is 2.45 bits per heavy atom. The Balaban J connectivity index is 1.56. The molecule has 3 aromatic heterocycles. The third kappa shape index (κ3) is 4.37. The molecule has 0 saturated heterocycles. The van der Waals surface area contributed by atoms with Gasteiger partial charge in [0.05, 0.1) is 16.3 Å². The standard InChI is InChI=1S/C20H12Cl2N4O2S/c21-13-2-5-15(6-3-13)26-10-12(1-8-18(26)27)19(28)25-20-24-17(11-29-20)16-7-4-14(22)9-23-16/h1-11H,(H,24,25,28). The first-order chi connectivity index (χ1) is 14.0. The van der Waals surface area contributed by atoms with Crippen LogP contribution in [0.2, 0.25) is 10.0 Å². The van der Waals surface area contributed by atoms with Gasteiger partial charge < -0.3 is 0 Å². The Hall–Kier alpha value is -3.00. The maximum atomic E-state index is 12.6. The fourth-order valence-electron chi connectivity index (χ4n) is 2.57. The van der Waals surface area contributed by atoms with Crippen molar-refractivity contribution in [3.8, 4) is 17.1 Å². The van der Waals surface area contributed by atoms with Crippen LogP contribution in [0.3, 0.4) is 0 Å². The molecular weight excluding hydrogens is 431 g/mol. The van der Waals surface area contributed by atoms with Crippen molar-refractivity contribution >= 4 is 45.6 Å². The minimum Gasteiger partial charge on any atom is -0.298 e. The molecule has 144 valence electrons. The lowest BCUT2D eigenvalue weighted by Crippen LogP contribution is -2.20. The first-order valence-electron chi connectivity index (χ1n) is 8.37. The molecule has 0 unspecified atom stereocenters. The van der Waals surface area contributed by atoms with Crippen LogP contribution in [0.15, 0.2) is 71.1 Å². The van der Waals surface area contributed by atoms with Gasteiger partial charge in [0.25, 0.3) is 11.5 Å². The van der Waals surface area contributed by atoms with E-state index in [1.165, 1.54) is 40.4 Å². The Bertz CT molecular complexity index is 1230. The van der Waals surface area contributed by atoms with Gasteiger partial charge in [0, 0.05) is 34.6 Å². The third-order valence-electron chi connectivity index (χ3n) is 3.99. The summed E-state index contributed by atoms with van der Waals surface area (Å²) in [5.74, 6) is -0.377. The molecule has 29 heavy (non-hydrogen) atoms. The number of anilines is 1. The summed E-state index contributed by atoms with van der Waals surface area (Å²) in [6.07, 6.45) is 3.02. The lowest BCUT2D eigenvalue weighted by atomic mass is 10.2. The van der Waals surface area contributed by atoms with Gasteiger partial charge in [0.15, 0.2) is 5.13 Å². The van der Waals surface area contributed by atoms with Gasteiger partial charge in [-0.2, -0.15) is 0 Å². The van der Waals surface area contributed by atoms with E-state index in [2.05, 4.69) is 15.3 Å². The van der Waals surface area contributed by atoms with Crippen LogP contribution in [0.5, 0.6) is 0 Å². The summed E-state index contributed by atoms with van der Waals surface area (Å²) in [5.41, 5.74) is 1.96. The molecule has 1 N–H and O–H groups in total. The maximum absolute atomic E-state index is 12.6. The minimum absolute atomic E-state index is 0.255. The van der Waals surface area contributed by atoms with Crippen molar-refractivity contribution in [2.75, 3.05) is 5.32 Å². The summed E-state index contributed by atoms with van der Waals surface area (Å²) < 4.78 is 1.39. The van der Waals surface area contributed by atoms with Crippen LogP contribution in [0.25, 0.3) is 17.1 Å². The molecule has 9 heteroatoms. The molecule has 1 amide bonds. The number of aromatic nitrogens is 3. The molecule has 0 atom stereocenters. The summed E-state index contributed by atoms with van der Waals surface area (Å²) >= 11 is 13.0. The van der Waals surface area contributed by atoms with E-state index in [9.17, 15) is 9.59 Å². The number of halogens is 2. The van der Waals surface area contributed by atoms with Gasteiger partial charge in [-0.25, -0.2) is 4.98 Å². The van der Waals surface area contributed by atoms with Crippen molar-refractivity contribution in [3.05, 3.63) is 92.3 Å². The SMILES string of the molecule is O=C(Nc1nc(-c2ccc(Cl)cn2)cs1)c1ccc(=O)n(-c2ccc(Cl)cc2)c1. The smallest absolute Gasteiger partial charge is 0.258 e. The Morgan fingerprint density at radius 1 is 0.966 bits per heavy atom. The van der Waals surface area contributed by atoms with E-state index in [4.69, 9.17) is 23.2 Å².